The summed E-state index contributed by atoms with van der Waals surface area (Å²) in [4.78, 5) is 26.3. The lowest BCUT2D eigenvalue weighted by molar-refractivity contribution is -0.384. The number of carbonyl (C=O) groups is 1. The Bertz CT molecular complexity index is 969. The quantitative estimate of drug-likeness (QED) is 0.585. The number of nitro benzene ring substituents is 1. The van der Waals surface area contributed by atoms with Crippen molar-refractivity contribution in [1.82, 2.24) is 4.98 Å². The molecule has 7 heteroatoms. The van der Waals surface area contributed by atoms with Crippen LogP contribution in [-0.2, 0) is 0 Å². The molecule has 7 nitrogen and oxygen atoms in total. The third-order valence-electron chi connectivity index (χ3n) is 3.48. The van der Waals surface area contributed by atoms with Gasteiger partial charge in [-0.3, -0.25) is 14.9 Å². The summed E-state index contributed by atoms with van der Waals surface area (Å²) in [6.07, 6.45) is 0. The third-order valence-corrected chi connectivity index (χ3v) is 3.48. The molecule has 3 aromatic rings. The molecule has 0 aliphatic carbocycles. The Morgan fingerprint density at radius 2 is 1.96 bits per heavy atom. The van der Waals surface area contributed by atoms with Crippen LogP contribution in [0.4, 0.5) is 5.69 Å². The zero-order chi connectivity index (χ0) is 17.3. The molecule has 1 amide bonds. The number of nitrogens with zero attached hydrogens (tertiary/aromatic N) is 2. The number of amides is 1. The highest BCUT2D eigenvalue weighted by Crippen LogP contribution is 2.32. The maximum atomic E-state index is 11.6. The van der Waals surface area contributed by atoms with Gasteiger partial charge in [0, 0.05) is 23.2 Å². The summed E-state index contributed by atoms with van der Waals surface area (Å²) in [7, 11) is 0. The van der Waals surface area contributed by atoms with Crippen molar-refractivity contribution in [1.29, 1.82) is 0 Å². The number of para-hydroxylation sites is 1. The molecule has 0 bridgehead atoms. The molecule has 1 aromatic heterocycles. The number of aromatic nitrogens is 1. The topological polar surface area (TPSA) is 108 Å². The molecule has 0 saturated carbocycles. The predicted octanol–water partition coefficient (Wildman–Crippen LogP) is 3.34. The van der Waals surface area contributed by atoms with Crippen molar-refractivity contribution < 1.29 is 14.5 Å². The van der Waals surface area contributed by atoms with Gasteiger partial charge < -0.3 is 10.5 Å². The van der Waals surface area contributed by atoms with Crippen molar-refractivity contribution in [2.45, 2.75) is 6.92 Å². The minimum absolute atomic E-state index is 0.0612. The standard InChI is InChI=1S/C17H13N3O4/c1-10-5-6-11-3-2-4-15(16(11)19-10)24-14-8-7-12(20(22)23)9-13(14)17(18)21/h2-9H,1H3,(H2,18,21). The second-order valence-electron chi connectivity index (χ2n) is 5.18. The Labute approximate surface area is 136 Å². The second-order valence-corrected chi connectivity index (χ2v) is 5.18. The lowest BCUT2D eigenvalue weighted by atomic mass is 10.1. The molecule has 0 spiro atoms. The van der Waals surface area contributed by atoms with Gasteiger partial charge >= 0.3 is 0 Å². The highest BCUT2D eigenvalue weighted by molar-refractivity contribution is 5.96. The van der Waals surface area contributed by atoms with Gasteiger partial charge in [-0.1, -0.05) is 18.2 Å². The fraction of sp³-hybridized carbons (Fsp3) is 0.0588. The van der Waals surface area contributed by atoms with E-state index in [1.807, 2.05) is 25.1 Å². The van der Waals surface area contributed by atoms with Gasteiger partial charge in [0.2, 0.25) is 0 Å². The van der Waals surface area contributed by atoms with Crippen LogP contribution in [-0.4, -0.2) is 15.8 Å². The van der Waals surface area contributed by atoms with Gasteiger partial charge in [-0.05, 0) is 25.1 Å². The van der Waals surface area contributed by atoms with Crippen molar-refractivity contribution in [2.75, 3.05) is 0 Å². The van der Waals surface area contributed by atoms with Crippen molar-refractivity contribution in [3.63, 3.8) is 0 Å². The lowest BCUT2D eigenvalue weighted by Crippen LogP contribution is -2.12. The Balaban J connectivity index is 2.10. The Morgan fingerprint density at radius 1 is 1.17 bits per heavy atom. The fourth-order valence-corrected chi connectivity index (χ4v) is 2.33. The van der Waals surface area contributed by atoms with Crippen LogP contribution >= 0.6 is 0 Å². The van der Waals surface area contributed by atoms with E-state index in [9.17, 15) is 14.9 Å². The number of benzene rings is 2. The van der Waals surface area contributed by atoms with Gasteiger partial charge in [0.15, 0.2) is 5.75 Å². The van der Waals surface area contributed by atoms with Crippen molar-refractivity contribution in [3.05, 3.63) is 69.9 Å². The first-order valence-corrected chi connectivity index (χ1v) is 7.08. The van der Waals surface area contributed by atoms with Gasteiger partial charge in [-0.2, -0.15) is 0 Å². The summed E-state index contributed by atoms with van der Waals surface area (Å²) in [6, 6.07) is 12.9. The van der Waals surface area contributed by atoms with Crippen LogP contribution in [0.3, 0.4) is 0 Å². The van der Waals surface area contributed by atoms with Crippen molar-refractivity contribution in [2.24, 2.45) is 5.73 Å². The number of nitro groups is 1. The first kappa shape index (κ1) is 15.4. The van der Waals surface area contributed by atoms with Crippen molar-refractivity contribution >= 4 is 22.5 Å². The molecule has 3 rings (SSSR count). The summed E-state index contributed by atoms with van der Waals surface area (Å²) < 4.78 is 5.79. The average Bonchev–Trinajstić information content (AvgIpc) is 2.55. The minimum atomic E-state index is -0.807. The van der Waals surface area contributed by atoms with E-state index in [0.29, 0.717) is 11.3 Å². The van der Waals surface area contributed by atoms with E-state index < -0.39 is 10.8 Å². The Morgan fingerprint density at radius 3 is 2.67 bits per heavy atom. The maximum absolute atomic E-state index is 11.6. The zero-order valence-corrected chi connectivity index (χ0v) is 12.7. The zero-order valence-electron chi connectivity index (χ0n) is 12.7. The Hall–Kier alpha value is -3.48. The average molecular weight is 323 g/mol. The van der Waals surface area contributed by atoms with E-state index in [-0.39, 0.29) is 17.0 Å². The molecule has 120 valence electrons. The highest BCUT2D eigenvalue weighted by Gasteiger charge is 2.17. The number of non-ortho nitro benzene ring substituents is 1. The number of hydrogen-bond acceptors (Lipinski definition) is 5. The largest absolute Gasteiger partial charge is 0.454 e. The summed E-state index contributed by atoms with van der Waals surface area (Å²) in [5, 5.41) is 11.7. The summed E-state index contributed by atoms with van der Waals surface area (Å²) in [6.45, 7) is 1.86. The van der Waals surface area contributed by atoms with Crippen LogP contribution in [0.15, 0.2) is 48.5 Å². The highest BCUT2D eigenvalue weighted by atomic mass is 16.6. The minimum Gasteiger partial charge on any atom is -0.454 e. The van der Waals surface area contributed by atoms with Crippen LogP contribution in [0, 0.1) is 17.0 Å². The summed E-state index contributed by atoms with van der Waals surface area (Å²) in [5.41, 5.74) is 6.47. The van der Waals surface area contributed by atoms with Crippen molar-refractivity contribution in [3.8, 4) is 11.5 Å². The SMILES string of the molecule is Cc1ccc2cccc(Oc3ccc([N+](=O)[O-])cc3C(N)=O)c2n1. The molecule has 24 heavy (non-hydrogen) atoms. The molecule has 0 unspecified atom stereocenters. The number of primary amides is 1. The first-order chi connectivity index (χ1) is 11.5. The number of rotatable bonds is 4. The number of nitrogens with two attached hydrogens (primary N) is 1. The van der Waals surface area contributed by atoms with Crippen LogP contribution < -0.4 is 10.5 Å². The predicted molar refractivity (Wildman–Crippen MR) is 88.2 cm³/mol. The maximum Gasteiger partial charge on any atom is 0.270 e. The van der Waals surface area contributed by atoms with E-state index in [1.165, 1.54) is 12.1 Å². The molecule has 1 heterocycles. The number of aryl methyl sites for hydroxylation is 1. The van der Waals surface area contributed by atoms with Gasteiger partial charge in [-0.15, -0.1) is 0 Å². The second kappa shape index (κ2) is 5.96. The van der Waals surface area contributed by atoms with Crippen LogP contribution in [0.5, 0.6) is 11.5 Å². The van der Waals surface area contributed by atoms with E-state index in [0.717, 1.165) is 17.1 Å². The molecular formula is C17H13N3O4. The first-order valence-electron chi connectivity index (χ1n) is 7.08. The number of hydrogen-bond donors (Lipinski definition) is 1. The van der Waals surface area contributed by atoms with Gasteiger partial charge in [0.25, 0.3) is 11.6 Å². The summed E-state index contributed by atoms with van der Waals surface area (Å²) >= 11 is 0. The number of ether oxygens (including phenoxy) is 1. The number of fused-ring (bicyclic) bond motifs is 1. The molecule has 2 N–H and O–H groups in total. The smallest absolute Gasteiger partial charge is 0.270 e. The number of carbonyl (C=O) groups excluding carboxylic acids is 1. The van der Waals surface area contributed by atoms with Gasteiger partial charge in [-0.25, -0.2) is 4.98 Å². The lowest BCUT2D eigenvalue weighted by Gasteiger charge is -2.11. The number of pyridine rings is 1. The molecule has 0 atom stereocenters. The Kier molecular flexibility index (Phi) is 3.83. The van der Waals surface area contributed by atoms with E-state index in [4.69, 9.17) is 10.5 Å². The molecular weight excluding hydrogens is 310 g/mol. The van der Waals surface area contributed by atoms with Gasteiger partial charge in [0.05, 0.1) is 10.5 Å². The van der Waals surface area contributed by atoms with Crippen LogP contribution in [0.25, 0.3) is 10.9 Å². The van der Waals surface area contributed by atoms with E-state index >= 15 is 0 Å². The summed E-state index contributed by atoms with van der Waals surface area (Å²) in [5.74, 6) is -0.227. The fourth-order valence-electron chi connectivity index (χ4n) is 2.33. The molecule has 0 saturated heterocycles. The molecule has 0 aliphatic rings. The van der Waals surface area contributed by atoms with Gasteiger partial charge in [0.1, 0.15) is 11.3 Å². The van der Waals surface area contributed by atoms with Crippen LogP contribution in [0.2, 0.25) is 0 Å². The van der Waals surface area contributed by atoms with E-state index in [2.05, 4.69) is 4.98 Å². The van der Waals surface area contributed by atoms with E-state index in [1.54, 1.807) is 12.1 Å². The molecule has 0 fully saturated rings. The molecule has 0 aliphatic heterocycles. The normalized spacial score (nSPS) is 10.5. The molecule has 0 radical (unpaired) electrons. The third kappa shape index (κ3) is 2.87. The monoisotopic (exact) mass is 323 g/mol. The van der Waals surface area contributed by atoms with Crippen LogP contribution in [0.1, 0.15) is 16.1 Å². The molecule has 2 aromatic carbocycles.